The summed E-state index contributed by atoms with van der Waals surface area (Å²) in [7, 11) is 0. The van der Waals surface area contributed by atoms with Crippen molar-refractivity contribution in [3.63, 3.8) is 0 Å². The fourth-order valence-corrected chi connectivity index (χ4v) is 2.96. The summed E-state index contributed by atoms with van der Waals surface area (Å²) in [5.41, 5.74) is 1.77. The lowest BCUT2D eigenvalue weighted by Crippen LogP contribution is -2.09. The van der Waals surface area contributed by atoms with E-state index >= 15 is 0 Å². The van der Waals surface area contributed by atoms with Crippen LogP contribution in [-0.2, 0) is 0 Å². The van der Waals surface area contributed by atoms with Gasteiger partial charge in [0.1, 0.15) is 12.0 Å². The second-order valence-corrected chi connectivity index (χ2v) is 5.90. The van der Waals surface area contributed by atoms with Crippen LogP contribution in [0.3, 0.4) is 0 Å². The fourth-order valence-electron chi connectivity index (χ4n) is 2.03. The third-order valence-corrected chi connectivity index (χ3v) is 4.22. The van der Waals surface area contributed by atoms with Gasteiger partial charge in [-0.2, -0.15) is 0 Å². The Morgan fingerprint density at radius 2 is 2.10 bits per heavy atom. The largest absolute Gasteiger partial charge is 0.362 e. The molecule has 2 rings (SSSR count). The molecule has 20 heavy (non-hydrogen) atoms. The molecule has 0 saturated heterocycles. The summed E-state index contributed by atoms with van der Waals surface area (Å²) in [6.07, 6.45) is 1.27. The van der Waals surface area contributed by atoms with Gasteiger partial charge in [-0.15, -0.1) is 11.3 Å². The van der Waals surface area contributed by atoms with E-state index in [0.717, 1.165) is 21.1 Å². The summed E-state index contributed by atoms with van der Waals surface area (Å²) in [6.45, 7) is 7.79. The minimum absolute atomic E-state index is 0.00511. The predicted molar refractivity (Wildman–Crippen MR) is 79.3 cm³/mol. The number of rotatable bonds is 4. The smallest absolute Gasteiger partial charge is 0.287 e. The molecule has 0 bridgehead atoms. The molecular formula is C13H16N4O2S. The number of thiazole rings is 1. The van der Waals surface area contributed by atoms with E-state index in [2.05, 4.69) is 15.3 Å². The maximum absolute atomic E-state index is 10.7. The Morgan fingerprint density at radius 1 is 1.40 bits per heavy atom. The predicted octanol–water partition coefficient (Wildman–Crippen LogP) is 3.54. The van der Waals surface area contributed by atoms with Gasteiger partial charge in [0, 0.05) is 10.9 Å². The maximum Gasteiger partial charge on any atom is 0.287 e. The van der Waals surface area contributed by atoms with Crippen molar-refractivity contribution in [2.24, 2.45) is 0 Å². The van der Waals surface area contributed by atoms with Gasteiger partial charge in [-0.05, 0) is 33.3 Å². The van der Waals surface area contributed by atoms with Crippen molar-refractivity contribution in [3.05, 3.63) is 43.5 Å². The van der Waals surface area contributed by atoms with Gasteiger partial charge in [-0.1, -0.05) is 0 Å². The number of aryl methyl sites for hydroxylation is 3. The van der Waals surface area contributed by atoms with Crippen LogP contribution in [0.25, 0.3) is 0 Å². The molecule has 2 heterocycles. The molecule has 0 amide bonds. The zero-order chi connectivity index (χ0) is 14.9. The fraction of sp³-hybridized carbons (Fsp3) is 0.385. The van der Waals surface area contributed by atoms with Crippen molar-refractivity contribution < 1.29 is 4.92 Å². The molecular weight excluding hydrogens is 276 g/mol. The Labute approximate surface area is 121 Å². The van der Waals surface area contributed by atoms with Crippen LogP contribution in [0.2, 0.25) is 0 Å². The molecule has 0 spiro atoms. The van der Waals surface area contributed by atoms with Gasteiger partial charge < -0.3 is 5.32 Å². The lowest BCUT2D eigenvalue weighted by molar-refractivity contribution is -0.385. The van der Waals surface area contributed by atoms with Crippen LogP contribution < -0.4 is 5.32 Å². The van der Waals surface area contributed by atoms with Crippen LogP contribution in [0.4, 0.5) is 11.5 Å². The summed E-state index contributed by atoms with van der Waals surface area (Å²) in [5, 5.41) is 15.0. The van der Waals surface area contributed by atoms with Gasteiger partial charge in [0.05, 0.1) is 21.7 Å². The van der Waals surface area contributed by atoms with Crippen LogP contribution in [0, 0.1) is 30.9 Å². The first kappa shape index (κ1) is 14.4. The summed E-state index contributed by atoms with van der Waals surface area (Å²) < 4.78 is 0. The number of hydrogen-bond acceptors (Lipinski definition) is 6. The Kier molecular flexibility index (Phi) is 3.99. The summed E-state index contributed by atoms with van der Waals surface area (Å²) >= 11 is 1.65. The molecule has 1 unspecified atom stereocenters. The topological polar surface area (TPSA) is 81.0 Å². The van der Waals surface area contributed by atoms with Crippen molar-refractivity contribution in [1.82, 2.24) is 9.97 Å². The van der Waals surface area contributed by atoms with Crippen molar-refractivity contribution in [3.8, 4) is 0 Å². The van der Waals surface area contributed by atoms with E-state index in [4.69, 9.17) is 0 Å². The molecule has 0 aliphatic heterocycles. The molecule has 0 aliphatic rings. The molecule has 0 aromatic carbocycles. The first-order chi connectivity index (χ1) is 9.38. The molecule has 1 atom stereocenters. The summed E-state index contributed by atoms with van der Waals surface area (Å²) in [6, 6.07) is 1.58. The van der Waals surface area contributed by atoms with Crippen molar-refractivity contribution >= 4 is 22.8 Å². The summed E-state index contributed by atoms with van der Waals surface area (Å²) in [5.74, 6) is 0.661. The molecule has 2 aromatic rings. The SMILES string of the molecule is Cc1nc(C)c(C(C)Nc2ncc([N+](=O)[O-])cc2C)s1. The number of anilines is 1. The molecule has 7 heteroatoms. The molecule has 0 aliphatic carbocycles. The highest BCUT2D eigenvalue weighted by Gasteiger charge is 2.15. The second kappa shape index (κ2) is 5.54. The first-order valence-corrected chi connectivity index (χ1v) is 7.01. The van der Waals surface area contributed by atoms with Gasteiger partial charge in [0.15, 0.2) is 0 Å². The van der Waals surface area contributed by atoms with E-state index < -0.39 is 4.92 Å². The van der Waals surface area contributed by atoms with Gasteiger partial charge in [-0.25, -0.2) is 9.97 Å². The van der Waals surface area contributed by atoms with Crippen LogP contribution >= 0.6 is 11.3 Å². The minimum atomic E-state index is -0.441. The van der Waals surface area contributed by atoms with Crippen LogP contribution in [0.15, 0.2) is 12.3 Å². The zero-order valence-corrected chi connectivity index (χ0v) is 12.6. The molecule has 1 N–H and O–H groups in total. The third-order valence-electron chi connectivity index (χ3n) is 2.96. The van der Waals surface area contributed by atoms with Crippen LogP contribution in [-0.4, -0.2) is 14.9 Å². The van der Waals surface area contributed by atoms with Crippen molar-refractivity contribution in [2.45, 2.75) is 33.7 Å². The highest BCUT2D eigenvalue weighted by Crippen LogP contribution is 2.28. The van der Waals surface area contributed by atoms with E-state index in [-0.39, 0.29) is 11.7 Å². The molecule has 0 saturated carbocycles. The second-order valence-electron chi connectivity index (χ2n) is 4.66. The van der Waals surface area contributed by atoms with Gasteiger partial charge >= 0.3 is 0 Å². The van der Waals surface area contributed by atoms with Gasteiger partial charge in [-0.3, -0.25) is 10.1 Å². The summed E-state index contributed by atoms with van der Waals surface area (Å²) in [4.78, 5) is 19.9. The van der Waals surface area contributed by atoms with E-state index in [1.807, 2.05) is 20.8 Å². The molecule has 2 aromatic heterocycles. The number of nitro groups is 1. The Balaban J connectivity index is 2.22. The van der Waals surface area contributed by atoms with Crippen molar-refractivity contribution in [1.29, 1.82) is 0 Å². The van der Waals surface area contributed by atoms with E-state index in [1.54, 1.807) is 18.3 Å². The average Bonchev–Trinajstić information content (AvgIpc) is 2.70. The highest BCUT2D eigenvalue weighted by atomic mass is 32.1. The minimum Gasteiger partial charge on any atom is -0.362 e. The normalized spacial score (nSPS) is 12.2. The Hall–Kier alpha value is -2.02. The highest BCUT2D eigenvalue weighted by molar-refractivity contribution is 7.11. The average molecular weight is 292 g/mol. The standard InChI is InChI=1S/C13H16N4O2S/c1-7-5-11(17(18)19)6-14-13(7)16-9(3)12-8(2)15-10(4)20-12/h5-6,9H,1-4H3,(H,14,16). The van der Waals surface area contributed by atoms with Crippen LogP contribution in [0.5, 0.6) is 0 Å². The van der Waals surface area contributed by atoms with Crippen LogP contribution in [0.1, 0.15) is 34.1 Å². The van der Waals surface area contributed by atoms with Crippen molar-refractivity contribution in [2.75, 3.05) is 5.32 Å². The third kappa shape index (κ3) is 2.93. The number of pyridine rings is 1. The number of hydrogen-bond donors (Lipinski definition) is 1. The lowest BCUT2D eigenvalue weighted by Gasteiger charge is -2.15. The molecule has 0 fully saturated rings. The molecule has 106 valence electrons. The van der Waals surface area contributed by atoms with E-state index in [0.29, 0.717) is 5.82 Å². The number of nitrogens with one attached hydrogen (secondary N) is 1. The van der Waals surface area contributed by atoms with Gasteiger partial charge in [0.25, 0.3) is 5.69 Å². The lowest BCUT2D eigenvalue weighted by atomic mass is 10.2. The molecule has 6 nitrogen and oxygen atoms in total. The van der Waals surface area contributed by atoms with E-state index in [9.17, 15) is 10.1 Å². The number of aromatic nitrogens is 2. The Morgan fingerprint density at radius 3 is 2.60 bits per heavy atom. The quantitative estimate of drug-likeness (QED) is 0.688. The number of nitrogens with zero attached hydrogens (tertiary/aromatic N) is 3. The first-order valence-electron chi connectivity index (χ1n) is 6.20. The maximum atomic E-state index is 10.7. The monoisotopic (exact) mass is 292 g/mol. The zero-order valence-electron chi connectivity index (χ0n) is 11.8. The molecule has 0 radical (unpaired) electrons. The Bertz CT molecular complexity index is 654. The van der Waals surface area contributed by atoms with E-state index in [1.165, 1.54) is 12.3 Å². The van der Waals surface area contributed by atoms with Gasteiger partial charge in [0.2, 0.25) is 0 Å².